The van der Waals surface area contributed by atoms with E-state index in [-0.39, 0.29) is 12.2 Å². The number of hydrogen-bond donors (Lipinski definition) is 2. The van der Waals surface area contributed by atoms with Crippen molar-refractivity contribution in [3.05, 3.63) is 294 Å². The summed E-state index contributed by atoms with van der Waals surface area (Å²) in [5.41, 5.74) is 15.1. The summed E-state index contributed by atoms with van der Waals surface area (Å²) in [6, 6.07) is 91.1. The van der Waals surface area contributed by atoms with Crippen molar-refractivity contribution in [2.75, 3.05) is 0 Å². The number of nitrogens with one attached hydrogen (secondary N) is 2. The molecule has 2 atom stereocenters. The second kappa shape index (κ2) is 19.6. The van der Waals surface area contributed by atoms with Crippen molar-refractivity contribution >= 4 is 50.1 Å². The van der Waals surface area contributed by atoms with Gasteiger partial charge in [-0.25, -0.2) is 4.99 Å². The zero-order chi connectivity index (χ0) is 47.3. The van der Waals surface area contributed by atoms with E-state index in [9.17, 15) is 0 Å². The van der Waals surface area contributed by atoms with E-state index in [1.165, 1.54) is 82.4 Å². The van der Waals surface area contributed by atoms with E-state index in [1.807, 2.05) is 24.4 Å². The number of nitrogens with zero attached hydrogens (tertiary/aromatic N) is 2. The number of hydrogen-bond acceptors (Lipinski definition) is 3. The highest BCUT2D eigenvalue weighted by Crippen LogP contribution is 2.38. The van der Waals surface area contributed by atoms with Gasteiger partial charge in [-0.15, -0.1) is 0 Å². The molecule has 0 aromatic heterocycles. The molecule has 0 radical (unpaired) electrons. The lowest BCUT2D eigenvalue weighted by molar-refractivity contribution is 0.443. The molecule has 0 aliphatic carbocycles. The van der Waals surface area contributed by atoms with Crippen LogP contribution in [0.25, 0.3) is 71.4 Å². The van der Waals surface area contributed by atoms with Gasteiger partial charge in [-0.1, -0.05) is 243 Å². The summed E-state index contributed by atoms with van der Waals surface area (Å²) in [5.74, 6) is 0.712. The third kappa shape index (κ3) is 9.20. The lowest BCUT2D eigenvalue weighted by atomic mass is 9.91. The average Bonchev–Trinajstić information content (AvgIpc) is 3.45. The third-order valence-corrected chi connectivity index (χ3v) is 13.7. The van der Waals surface area contributed by atoms with E-state index in [0.29, 0.717) is 12.4 Å². The number of fused-ring (bicyclic) bond motifs is 3. The molecule has 12 rings (SSSR count). The molecule has 0 fully saturated rings. The smallest absolute Gasteiger partial charge is 0.154 e. The van der Waals surface area contributed by atoms with E-state index in [4.69, 9.17) is 9.98 Å². The van der Waals surface area contributed by atoms with Crippen molar-refractivity contribution < 1.29 is 0 Å². The number of amidine groups is 1. The molecule has 1 aliphatic rings. The minimum Gasteiger partial charge on any atom is -0.366 e. The standard InChI is InChI=1S/C67H50N4/c1-4-16-50(17-5-1)64-43-65(51-18-6-2-7-19-51)71-67(70-64)53-35-33-48(34-36-53)55-38-40-61-57(42-55)24-14-28-63(61)62-27-13-23-56-41-54(37-39-60(56)62)47-31-29-46(30-32-47)44-68-66(52-20-8-3-9-21-52)69-45-58-25-12-22-49-15-10-11-26-59(49)58/h1-44,64,67,70-71H,45H2. The lowest BCUT2D eigenvalue weighted by Crippen LogP contribution is -2.39. The summed E-state index contributed by atoms with van der Waals surface area (Å²) in [5, 5.41) is 14.9. The van der Waals surface area contributed by atoms with Crippen LogP contribution in [-0.2, 0) is 6.54 Å². The average molecular weight is 911 g/mol. The van der Waals surface area contributed by atoms with Gasteiger partial charge in [0.05, 0.1) is 12.6 Å². The monoisotopic (exact) mass is 910 g/mol. The Balaban J connectivity index is 0.772. The summed E-state index contributed by atoms with van der Waals surface area (Å²) in [6.45, 7) is 0.547. The van der Waals surface area contributed by atoms with Crippen LogP contribution in [0.5, 0.6) is 0 Å². The summed E-state index contributed by atoms with van der Waals surface area (Å²) in [4.78, 5) is 9.97. The molecule has 1 heterocycles. The highest BCUT2D eigenvalue weighted by Gasteiger charge is 2.24. The third-order valence-electron chi connectivity index (χ3n) is 13.7. The lowest BCUT2D eigenvalue weighted by Gasteiger charge is -2.33. The molecule has 2 unspecified atom stereocenters. The molecular weight excluding hydrogens is 861 g/mol. The Labute approximate surface area is 415 Å². The Morgan fingerprint density at radius 3 is 1.65 bits per heavy atom. The minimum absolute atomic E-state index is 0.0519. The van der Waals surface area contributed by atoms with Gasteiger partial charge in [0.1, 0.15) is 6.17 Å². The topological polar surface area (TPSA) is 48.8 Å². The Bertz CT molecular complexity index is 3760. The second-order valence-corrected chi connectivity index (χ2v) is 18.2. The van der Waals surface area contributed by atoms with Gasteiger partial charge in [0.25, 0.3) is 0 Å². The predicted octanol–water partition coefficient (Wildman–Crippen LogP) is 16.2. The molecule has 0 saturated carbocycles. The van der Waals surface area contributed by atoms with Crippen LogP contribution >= 0.6 is 0 Å². The summed E-state index contributed by atoms with van der Waals surface area (Å²) in [6.07, 6.45) is 4.16. The van der Waals surface area contributed by atoms with Gasteiger partial charge in [0.2, 0.25) is 0 Å². The van der Waals surface area contributed by atoms with Crippen LogP contribution in [0.2, 0.25) is 0 Å². The number of benzene rings is 11. The van der Waals surface area contributed by atoms with Crippen LogP contribution in [-0.4, -0.2) is 12.1 Å². The highest BCUT2D eigenvalue weighted by atomic mass is 15.2. The van der Waals surface area contributed by atoms with E-state index in [0.717, 1.165) is 22.4 Å². The van der Waals surface area contributed by atoms with Crippen molar-refractivity contribution in [3.63, 3.8) is 0 Å². The van der Waals surface area contributed by atoms with Gasteiger partial charge in [0.15, 0.2) is 5.84 Å². The van der Waals surface area contributed by atoms with Gasteiger partial charge >= 0.3 is 0 Å². The van der Waals surface area contributed by atoms with E-state index in [2.05, 4.69) is 253 Å². The van der Waals surface area contributed by atoms with E-state index >= 15 is 0 Å². The number of aliphatic imine (C=N–C) groups is 2. The van der Waals surface area contributed by atoms with Crippen LogP contribution in [0.3, 0.4) is 0 Å². The maximum absolute atomic E-state index is 5.03. The van der Waals surface area contributed by atoms with Crippen LogP contribution in [0.1, 0.15) is 45.6 Å². The molecule has 1 aliphatic heterocycles. The Kier molecular flexibility index (Phi) is 11.9. The minimum atomic E-state index is -0.0519. The van der Waals surface area contributed by atoms with Gasteiger partial charge in [-0.05, 0) is 112 Å². The van der Waals surface area contributed by atoms with Gasteiger partial charge < -0.3 is 5.32 Å². The first-order valence-corrected chi connectivity index (χ1v) is 24.4. The summed E-state index contributed by atoms with van der Waals surface area (Å²) < 4.78 is 0. The number of rotatable bonds is 10. The molecule has 0 amide bonds. The molecular formula is C67H50N4. The molecule has 0 spiro atoms. The van der Waals surface area contributed by atoms with E-state index in [1.54, 1.807) is 0 Å². The molecule has 2 N–H and O–H groups in total. The summed E-state index contributed by atoms with van der Waals surface area (Å²) in [7, 11) is 0. The SMILES string of the molecule is C(=NC(=NCc1cccc2ccccc12)c1ccccc1)c1ccc(-c2ccc3c(-c4cccc5cc(-c6ccc(C7NC(c8ccccc8)=CC(c8ccccc8)N7)cc6)ccc45)cccc3c2)cc1. The zero-order valence-electron chi connectivity index (χ0n) is 39.2. The Hall–Kier alpha value is -8.96. The molecule has 0 saturated heterocycles. The fraction of sp³-hybridized carbons (Fsp3) is 0.0448. The van der Waals surface area contributed by atoms with Crippen molar-refractivity contribution in [1.29, 1.82) is 0 Å². The first-order chi connectivity index (χ1) is 35.2. The largest absolute Gasteiger partial charge is 0.366 e. The summed E-state index contributed by atoms with van der Waals surface area (Å²) >= 11 is 0. The predicted molar refractivity (Wildman–Crippen MR) is 299 cm³/mol. The van der Waals surface area contributed by atoms with Crippen LogP contribution in [0, 0.1) is 0 Å². The first-order valence-electron chi connectivity index (χ1n) is 24.4. The van der Waals surface area contributed by atoms with Crippen molar-refractivity contribution in [2.45, 2.75) is 18.8 Å². The van der Waals surface area contributed by atoms with Gasteiger partial charge in [0, 0.05) is 17.5 Å². The first kappa shape index (κ1) is 43.3. The fourth-order valence-electron chi connectivity index (χ4n) is 10.0. The normalized spacial score (nSPS) is 15.0. The van der Waals surface area contributed by atoms with Crippen molar-refractivity contribution in [3.8, 4) is 33.4 Å². The second-order valence-electron chi connectivity index (χ2n) is 18.2. The molecule has 4 nitrogen and oxygen atoms in total. The van der Waals surface area contributed by atoms with Crippen molar-refractivity contribution in [2.24, 2.45) is 9.98 Å². The molecule has 0 bridgehead atoms. The Morgan fingerprint density at radius 1 is 0.423 bits per heavy atom. The fourth-order valence-corrected chi connectivity index (χ4v) is 10.0. The quantitative estimate of drug-likeness (QED) is 0.106. The van der Waals surface area contributed by atoms with E-state index < -0.39 is 0 Å². The van der Waals surface area contributed by atoms with Crippen LogP contribution in [0.15, 0.2) is 271 Å². The molecule has 11 aromatic rings. The maximum Gasteiger partial charge on any atom is 0.154 e. The maximum atomic E-state index is 5.03. The van der Waals surface area contributed by atoms with Crippen LogP contribution < -0.4 is 10.6 Å². The van der Waals surface area contributed by atoms with Crippen molar-refractivity contribution in [1.82, 2.24) is 10.6 Å². The van der Waals surface area contributed by atoms with Gasteiger partial charge in [-0.3, -0.25) is 10.3 Å². The van der Waals surface area contributed by atoms with Crippen LogP contribution in [0.4, 0.5) is 0 Å². The zero-order valence-corrected chi connectivity index (χ0v) is 39.2. The molecule has 338 valence electrons. The Morgan fingerprint density at radius 2 is 0.972 bits per heavy atom. The molecule has 11 aromatic carbocycles. The molecule has 71 heavy (non-hydrogen) atoms. The molecule has 4 heteroatoms. The van der Waals surface area contributed by atoms with Gasteiger partial charge in [-0.2, -0.15) is 0 Å². The highest BCUT2D eigenvalue weighted by molar-refractivity contribution is 6.07.